The Kier molecular flexibility index (Phi) is 6.41. The molecule has 1 aliphatic heterocycles. The van der Waals surface area contributed by atoms with Crippen LogP contribution in [0.4, 0.5) is 11.4 Å². The van der Waals surface area contributed by atoms with Crippen LogP contribution in [-0.4, -0.2) is 25.0 Å². The van der Waals surface area contributed by atoms with Crippen LogP contribution >= 0.6 is 0 Å². The number of carbonyl (C=O) groups excluding carboxylic acids is 2. The Morgan fingerprint density at radius 2 is 1.38 bits per heavy atom. The lowest BCUT2D eigenvalue weighted by Gasteiger charge is -2.17. The molecule has 4 rings (SSSR count). The van der Waals surface area contributed by atoms with Crippen molar-refractivity contribution in [2.45, 2.75) is 33.8 Å². The molecule has 6 nitrogen and oxygen atoms in total. The number of rotatable bonds is 7. The van der Waals surface area contributed by atoms with Crippen molar-refractivity contribution in [3.05, 3.63) is 89.1 Å². The number of aryl methyl sites for hydroxylation is 2. The van der Waals surface area contributed by atoms with Gasteiger partial charge in [0.05, 0.1) is 24.5 Å². The summed E-state index contributed by atoms with van der Waals surface area (Å²) in [5.41, 5.74) is 4.36. The Labute approximate surface area is 199 Å². The molecular formula is C28H28N2O4. The first kappa shape index (κ1) is 23.1. The molecular weight excluding hydrogens is 428 g/mol. The smallest absolute Gasteiger partial charge is 0.282 e. The quantitative estimate of drug-likeness (QED) is 0.476. The van der Waals surface area contributed by atoms with E-state index in [-0.39, 0.29) is 17.7 Å². The molecule has 3 aromatic rings. The number of carbonyl (C=O) groups is 2. The summed E-state index contributed by atoms with van der Waals surface area (Å²) in [6.45, 7) is 7.81. The number of benzene rings is 3. The standard InChI is InChI=1S/C28H28N2O4/c1-17(2)34-24-12-8-21(9-13-24)29-26-25(20-6-10-23(33-5)11-7-20)27(31)30(28(26)32)22-15-18(3)14-19(4)16-22/h6-17,29H,1-5H3. The number of anilines is 2. The van der Waals surface area contributed by atoms with Crippen molar-refractivity contribution >= 4 is 28.8 Å². The van der Waals surface area contributed by atoms with Gasteiger partial charge in [-0.1, -0.05) is 18.2 Å². The van der Waals surface area contributed by atoms with Gasteiger partial charge >= 0.3 is 0 Å². The monoisotopic (exact) mass is 456 g/mol. The lowest BCUT2D eigenvalue weighted by Crippen LogP contribution is -2.32. The average Bonchev–Trinajstić information content (AvgIpc) is 3.03. The van der Waals surface area contributed by atoms with E-state index < -0.39 is 5.91 Å². The fraction of sp³-hybridized carbons (Fsp3) is 0.214. The van der Waals surface area contributed by atoms with Crippen LogP contribution in [0.2, 0.25) is 0 Å². The maximum absolute atomic E-state index is 13.6. The van der Waals surface area contributed by atoms with Crippen LogP contribution in [-0.2, 0) is 9.59 Å². The van der Waals surface area contributed by atoms with Gasteiger partial charge < -0.3 is 14.8 Å². The summed E-state index contributed by atoms with van der Waals surface area (Å²) in [4.78, 5) is 28.5. The van der Waals surface area contributed by atoms with Crippen LogP contribution in [0.25, 0.3) is 5.57 Å². The number of hydrogen-bond donors (Lipinski definition) is 1. The number of amides is 2. The van der Waals surface area contributed by atoms with Gasteiger partial charge in [0.1, 0.15) is 17.2 Å². The van der Waals surface area contributed by atoms with Gasteiger partial charge in [0.15, 0.2) is 0 Å². The lowest BCUT2D eigenvalue weighted by atomic mass is 10.0. The predicted octanol–water partition coefficient (Wildman–Crippen LogP) is 5.50. The fourth-order valence-corrected chi connectivity index (χ4v) is 4.02. The van der Waals surface area contributed by atoms with Crippen LogP contribution in [0, 0.1) is 13.8 Å². The minimum Gasteiger partial charge on any atom is -0.497 e. The van der Waals surface area contributed by atoms with Gasteiger partial charge in [0.2, 0.25) is 0 Å². The van der Waals surface area contributed by atoms with E-state index in [1.165, 1.54) is 4.90 Å². The maximum Gasteiger partial charge on any atom is 0.282 e. The Balaban J connectivity index is 1.76. The maximum atomic E-state index is 13.6. The third kappa shape index (κ3) is 4.66. The first-order valence-corrected chi connectivity index (χ1v) is 11.2. The number of methoxy groups -OCH3 is 1. The van der Waals surface area contributed by atoms with Crippen molar-refractivity contribution in [2.75, 3.05) is 17.3 Å². The molecule has 0 radical (unpaired) electrons. The highest BCUT2D eigenvalue weighted by Gasteiger charge is 2.40. The van der Waals surface area contributed by atoms with Gasteiger partial charge in [-0.25, -0.2) is 4.90 Å². The van der Waals surface area contributed by atoms with Crippen molar-refractivity contribution in [1.29, 1.82) is 0 Å². The SMILES string of the molecule is COc1ccc(C2=C(Nc3ccc(OC(C)C)cc3)C(=O)N(c3cc(C)cc(C)c3)C2=O)cc1. The molecule has 0 fully saturated rings. The Bertz CT molecular complexity index is 1240. The van der Waals surface area contributed by atoms with E-state index in [0.29, 0.717) is 28.3 Å². The van der Waals surface area contributed by atoms with E-state index in [1.807, 2.05) is 70.2 Å². The van der Waals surface area contributed by atoms with Crippen molar-refractivity contribution in [2.24, 2.45) is 0 Å². The van der Waals surface area contributed by atoms with Crippen LogP contribution < -0.4 is 19.7 Å². The number of nitrogens with one attached hydrogen (secondary N) is 1. The largest absolute Gasteiger partial charge is 0.497 e. The fourth-order valence-electron chi connectivity index (χ4n) is 4.02. The molecule has 0 saturated carbocycles. The molecule has 0 atom stereocenters. The molecule has 0 unspecified atom stereocenters. The molecule has 0 bridgehead atoms. The van der Waals surface area contributed by atoms with Crippen molar-refractivity contribution in [3.8, 4) is 11.5 Å². The molecule has 174 valence electrons. The van der Waals surface area contributed by atoms with Gasteiger partial charge in [0, 0.05) is 5.69 Å². The minimum atomic E-state index is -0.400. The summed E-state index contributed by atoms with van der Waals surface area (Å²) < 4.78 is 11.0. The predicted molar refractivity (Wildman–Crippen MR) is 134 cm³/mol. The van der Waals surface area contributed by atoms with E-state index in [4.69, 9.17) is 9.47 Å². The number of nitrogens with zero attached hydrogens (tertiary/aromatic N) is 1. The highest BCUT2D eigenvalue weighted by Crippen LogP contribution is 2.35. The molecule has 0 aromatic heterocycles. The zero-order valence-electron chi connectivity index (χ0n) is 20.0. The molecule has 3 aromatic carbocycles. The van der Waals surface area contributed by atoms with E-state index in [9.17, 15) is 9.59 Å². The summed E-state index contributed by atoms with van der Waals surface area (Å²) in [7, 11) is 1.58. The van der Waals surface area contributed by atoms with Crippen LogP contribution in [0.1, 0.15) is 30.5 Å². The number of hydrogen-bond acceptors (Lipinski definition) is 5. The first-order valence-electron chi connectivity index (χ1n) is 11.2. The van der Waals surface area contributed by atoms with E-state index in [1.54, 1.807) is 31.4 Å². The molecule has 0 spiro atoms. The van der Waals surface area contributed by atoms with Gasteiger partial charge in [-0.3, -0.25) is 9.59 Å². The van der Waals surface area contributed by atoms with Crippen molar-refractivity contribution in [1.82, 2.24) is 0 Å². The third-order valence-electron chi connectivity index (χ3n) is 5.42. The summed E-state index contributed by atoms with van der Waals surface area (Å²) in [6.07, 6.45) is 0.0589. The first-order chi connectivity index (χ1) is 16.3. The Morgan fingerprint density at radius 1 is 0.794 bits per heavy atom. The van der Waals surface area contributed by atoms with Gasteiger partial charge in [-0.2, -0.15) is 0 Å². The normalized spacial score (nSPS) is 13.6. The summed E-state index contributed by atoms with van der Waals surface area (Å²) in [6, 6.07) is 20.1. The molecule has 0 saturated heterocycles. The second-order valence-corrected chi connectivity index (χ2v) is 8.59. The molecule has 1 N–H and O–H groups in total. The zero-order valence-corrected chi connectivity index (χ0v) is 20.0. The average molecular weight is 457 g/mol. The van der Waals surface area contributed by atoms with Gasteiger partial charge in [-0.05, 0) is 92.9 Å². The molecule has 1 aliphatic rings. The highest BCUT2D eigenvalue weighted by atomic mass is 16.5. The summed E-state index contributed by atoms with van der Waals surface area (Å²) in [5, 5.41) is 3.19. The second kappa shape index (κ2) is 9.43. The van der Waals surface area contributed by atoms with Crippen LogP contribution in [0.5, 0.6) is 11.5 Å². The Morgan fingerprint density at radius 3 is 1.94 bits per heavy atom. The second-order valence-electron chi connectivity index (χ2n) is 8.59. The molecule has 6 heteroatoms. The van der Waals surface area contributed by atoms with E-state index in [0.717, 1.165) is 16.9 Å². The van der Waals surface area contributed by atoms with Crippen molar-refractivity contribution in [3.63, 3.8) is 0 Å². The Hall–Kier alpha value is -4.06. The number of ether oxygens (including phenoxy) is 2. The lowest BCUT2D eigenvalue weighted by molar-refractivity contribution is -0.120. The van der Waals surface area contributed by atoms with Crippen LogP contribution in [0.15, 0.2) is 72.4 Å². The zero-order chi connectivity index (χ0) is 24.4. The molecule has 1 heterocycles. The molecule has 34 heavy (non-hydrogen) atoms. The van der Waals surface area contributed by atoms with Crippen molar-refractivity contribution < 1.29 is 19.1 Å². The minimum absolute atomic E-state index is 0.0589. The highest BCUT2D eigenvalue weighted by molar-refractivity contribution is 6.46. The third-order valence-corrected chi connectivity index (χ3v) is 5.42. The number of imide groups is 1. The summed E-state index contributed by atoms with van der Waals surface area (Å²) >= 11 is 0. The summed E-state index contributed by atoms with van der Waals surface area (Å²) in [5.74, 6) is 0.629. The van der Waals surface area contributed by atoms with Gasteiger partial charge in [-0.15, -0.1) is 0 Å². The molecule has 2 amide bonds. The topological polar surface area (TPSA) is 67.9 Å². The van der Waals surface area contributed by atoms with Gasteiger partial charge in [0.25, 0.3) is 11.8 Å². The van der Waals surface area contributed by atoms with E-state index >= 15 is 0 Å². The van der Waals surface area contributed by atoms with Crippen LogP contribution in [0.3, 0.4) is 0 Å². The van der Waals surface area contributed by atoms with E-state index in [2.05, 4.69) is 5.32 Å². The molecule has 0 aliphatic carbocycles.